The summed E-state index contributed by atoms with van der Waals surface area (Å²) in [6.45, 7) is 1.46. The lowest BCUT2D eigenvalue weighted by atomic mass is 10.2. The molecule has 0 aliphatic carbocycles. The fraction of sp³-hybridized carbons (Fsp3) is 0.500. The van der Waals surface area contributed by atoms with Crippen LogP contribution in [-0.4, -0.2) is 42.0 Å². The molecule has 19 heavy (non-hydrogen) atoms. The third kappa shape index (κ3) is 5.91. The zero-order valence-corrected chi connectivity index (χ0v) is 12.2. The van der Waals surface area contributed by atoms with Gasteiger partial charge in [-0.2, -0.15) is 0 Å². The minimum Gasteiger partial charge on any atom is -0.497 e. The van der Waals surface area contributed by atoms with E-state index in [0.29, 0.717) is 19.6 Å². The molecular weight excluding hydrogens is 268 g/mol. The number of hydrogen-bond acceptors (Lipinski definition) is 5. The third-order valence-corrected chi connectivity index (χ3v) is 3.20. The van der Waals surface area contributed by atoms with E-state index in [9.17, 15) is 8.42 Å². The van der Waals surface area contributed by atoms with Gasteiger partial charge in [0.15, 0.2) is 0 Å². The number of methoxy groups -OCH3 is 2. The Morgan fingerprint density at radius 1 is 1.16 bits per heavy atom. The molecule has 108 valence electrons. The number of hydrogen-bond donors (Lipinski definition) is 2. The number of rotatable bonds is 8. The summed E-state index contributed by atoms with van der Waals surface area (Å²) in [5.41, 5.74) is 0.959. The van der Waals surface area contributed by atoms with Crippen molar-refractivity contribution in [3.8, 4) is 11.5 Å². The number of benzene rings is 1. The lowest BCUT2D eigenvalue weighted by molar-refractivity contribution is 0.397. The fourth-order valence-electron chi connectivity index (χ4n) is 1.57. The van der Waals surface area contributed by atoms with E-state index < -0.39 is 10.0 Å². The maximum absolute atomic E-state index is 10.9. The summed E-state index contributed by atoms with van der Waals surface area (Å²) in [7, 11) is 0.0864. The van der Waals surface area contributed by atoms with Crippen LogP contribution in [0.2, 0.25) is 0 Å². The lowest BCUT2D eigenvalue weighted by Crippen LogP contribution is -2.30. The number of ether oxygens (including phenoxy) is 2. The highest BCUT2D eigenvalue weighted by atomic mass is 32.2. The van der Waals surface area contributed by atoms with E-state index in [0.717, 1.165) is 23.3 Å². The predicted octanol–water partition coefficient (Wildman–Crippen LogP) is 0.343. The number of nitrogens with one attached hydrogen (secondary N) is 2. The highest BCUT2D eigenvalue weighted by molar-refractivity contribution is 7.88. The summed E-state index contributed by atoms with van der Waals surface area (Å²) in [6.07, 6.45) is 1.14. The Labute approximate surface area is 114 Å². The van der Waals surface area contributed by atoms with Crippen molar-refractivity contribution in [2.75, 3.05) is 33.6 Å². The third-order valence-electron chi connectivity index (χ3n) is 2.47. The predicted molar refractivity (Wildman–Crippen MR) is 74.1 cm³/mol. The van der Waals surface area contributed by atoms with Crippen LogP contribution in [0, 0.1) is 0 Å². The quantitative estimate of drug-likeness (QED) is 0.675. The molecule has 1 rings (SSSR count). The van der Waals surface area contributed by atoms with Crippen molar-refractivity contribution >= 4 is 10.0 Å². The second-order valence-corrected chi connectivity index (χ2v) is 5.85. The van der Waals surface area contributed by atoms with Crippen molar-refractivity contribution in [3.05, 3.63) is 23.8 Å². The van der Waals surface area contributed by atoms with Crippen molar-refractivity contribution in [2.45, 2.75) is 6.54 Å². The summed E-state index contributed by atoms with van der Waals surface area (Å²) in [5, 5.41) is 3.14. The maximum Gasteiger partial charge on any atom is 0.208 e. The summed E-state index contributed by atoms with van der Waals surface area (Å²) in [6, 6.07) is 5.55. The monoisotopic (exact) mass is 288 g/mol. The molecular formula is C12H20N2O4S. The van der Waals surface area contributed by atoms with Crippen LogP contribution in [-0.2, 0) is 16.6 Å². The minimum absolute atomic E-state index is 0.352. The standard InChI is InChI=1S/C12H20N2O4S/c1-17-11-4-5-12(18-2)10(8-11)9-13-6-7-14-19(3,15)16/h4-5,8,13-14H,6-7,9H2,1-3H3. The van der Waals surface area contributed by atoms with Gasteiger partial charge in [-0.15, -0.1) is 0 Å². The van der Waals surface area contributed by atoms with Gasteiger partial charge in [0.05, 0.1) is 20.5 Å². The van der Waals surface area contributed by atoms with E-state index >= 15 is 0 Å². The van der Waals surface area contributed by atoms with Crippen LogP contribution >= 0.6 is 0 Å². The maximum atomic E-state index is 10.9. The number of sulfonamides is 1. The molecule has 0 fully saturated rings. The molecule has 1 aromatic carbocycles. The van der Waals surface area contributed by atoms with Gasteiger partial charge in [-0.25, -0.2) is 13.1 Å². The first-order valence-electron chi connectivity index (χ1n) is 5.82. The van der Waals surface area contributed by atoms with Gasteiger partial charge in [0, 0.05) is 25.2 Å². The van der Waals surface area contributed by atoms with Crippen LogP contribution in [0.4, 0.5) is 0 Å². The highest BCUT2D eigenvalue weighted by Crippen LogP contribution is 2.23. The van der Waals surface area contributed by atoms with Crippen LogP contribution in [0.15, 0.2) is 18.2 Å². The van der Waals surface area contributed by atoms with Gasteiger partial charge >= 0.3 is 0 Å². The fourth-order valence-corrected chi connectivity index (χ4v) is 2.04. The first kappa shape index (κ1) is 15.7. The second kappa shape index (κ2) is 7.32. The Hall–Kier alpha value is -1.31. The van der Waals surface area contributed by atoms with E-state index in [1.165, 1.54) is 0 Å². The van der Waals surface area contributed by atoms with Gasteiger partial charge in [0.2, 0.25) is 10.0 Å². The topological polar surface area (TPSA) is 76.7 Å². The van der Waals surface area contributed by atoms with Gasteiger partial charge in [-0.1, -0.05) is 0 Å². The summed E-state index contributed by atoms with van der Waals surface area (Å²) >= 11 is 0. The Morgan fingerprint density at radius 3 is 2.47 bits per heavy atom. The SMILES string of the molecule is COc1ccc(OC)c(CNCCNS(C)(=O)=O)c1. The molecule has 0 aromatic heterocycles. The molecule has 0 amide bonds. The second-order valence-electron chi connectivity index (χ2n) is 4.02. The molecule has 0 bridgehead atoms. The van der Waals surface area contributed by atoms with Crippen LogP contribution in [0.1, 0.15) is 5.56 Å². The molecule has 0 unspecified atom stereocenters. The molecule has 0 heterocycles. The van der Waals surface area contributed by atoms with Crippen LogP contribution < -0.4 is 19.5 Å². The zero-order chi connectivity index (χ0) is 14.3. The summed E-state index contributed by atoms with van der Waals surface area (Å²) in [5.74, 6) is 1.52. The normalized spacial score (nSPS) is 11.3. The zero-order valence-electron chi connectivity index (χ0n) is 11.4. The van der Waals surface area contributed by atoms with E-state index in [1.54, 1.807) is 14.2 Å². The van der Waals surface area contributed by atoms with E-state index in [-0.39, 0.29) is 0 Å². The van der Waals surface area contributed by atoms with Gasteiger partial charge in [-0.3, -0.25) is 0 Å². The molecule has 0 saturated heterocycles. The molecule has 2 N–H and O–H groups in total. The average molecular weight is 288 g/mol. The van der Waals surface area contributed by atoms with E-state index in [2.05, 4.69) is 10.0 Å². The molecule has 1 aromatic rings. The Balaban J connectivity index is 2.48. The largest absolute Gasteiger partial charge is 0.497 e. The van der Waals surface area contributed by atoms with Gasteiger partial charge in [-0.05, 0) is 18.2 Å². The molecule has 0 radical (unpaired) electrons. The molecule has 0 atom stereocenters. The Kier molecular flexibility index (Phi) is 6.07. The first-order valence-corrected chi connectivity index (χ1v) is 7.71. The van der Waals surface area contributed by atoms with E-state index in [1.807, 2.05) is 18.2 Å². The van der Waals surface area contributed by atoms with Crippen molar-refractivity contribution in [3.63, 3.8) is 0 Å². The molecule has 0 spiro atoms. The van der Waals surface area contributed by atoms with Gasteiger partial charge in [0.25, 0.3) is 0 Å². The summed E-state index contributed by atoms with van der Waals surface area (Å²) in [4.78, 5) is 0. The van der Waals surface area contributed by atoms with Crippen LogP contribution in [0.3, 0.4) is 0 Å². The van der Waals surface area contributed by atoms with Crippen molar-refractivity contribution in [2.24, 2.45) is 0 Å². The van der Waals surface area contributed by atoms with Gasteiger partial charge < -0.3 is 14.8 Å². The lowest BCUT2D eigenvalue weighted by Gasteiger charge is -2.11. The molecule has 0 aliphatic heterocycles. The van der Waals surface area contributed by atoms with Gasteiger partial charge in [0.1, 0.15) is 11.5 Å². The minimum atomic E-state index is -3.13. The highest BCUT2D eigenvalue weighted by Gasteiger charge is 2.05. The average Bonchev–Trinajstić information content (AvgIpc) is 2.36. The van der Waals surface area contributed by atoms with Crippen molar-refractivity contribution < 1.29 is 17.9 Å². The Morgan fingerprint density at radius 2 is 1.89 bits per heavy atom. The molecule has 0 aliphatic rings. The Bertz CT molecular complexity index is 502. The van der Waals surface area contributed by atoms with Crippen molar-refractivity contribution in [1.82, 2.24) is 10.0 Å². The molecule has 0 saturated carbocycles. The van der Waals surface area contributed by atoms with E-state index in [4.69, 9.17) is 9.47 Å². The van der Waals surface area contributed by atoms with Crippen LogP contribution in [0.5, 0.6) is 11.5 Å². The first-order chi connectivity index (χ1) is 8.96. The van der Waals surface area contributed by atoms with Crippen LogP contribution in [0.25, 0.3) is 0 Å². The molecule has 6 nitrogen and oxygen atoms in total. The smallest absolute Gasteiger partial charge is 0.208 e. The van der Waals surface area contributed by atoms with Crippen molar-refractivity contribution in [1.29, 1.82) is 0 Å². The molecule has 7 heteroatoms. The summed E-state index contributed by atoms with van der Waals surface area (Å²) < 4.78 is 34.6.